The molecule has 0 radical (unpaired) electrons. The van der Waals surface area contributed by atoms with Crippen LogP contribution in [0.25, 0.3) is 0 Å². The Bertz CT molecular complexity index is 979. The lowest BCUT2D eigenvalue weighted by Gasteiger charge is -2.27. The number of carboxylic acids is 2. The van der Waals surface area contributed by atoms with Crippen molar-refractivity contribution in [1.82, 2.24) is 26.6 Å². The number of nitrogens with one attached hydrogen (secondary N) is 5. The molecule has 0 aliphatic carbocycles. The monoisotopic (exact) mass is 619 g/mol. The summed E-state index contributed by atoms with van der Waals surface area (Å²) in [6.45, 7) is 3.52. The lowest BCUT2D eigenvalue weighted by Crippen LogP contribution is -2.59. The molecule has 13 N–H and O–H groups in total. The van der Waals surface area contributed by atoms with Gasteiger partial charge in [-0.1, -0.05) is 13.8 Å². The molecule has 43 heavy (non-hydrogen) atoms. The average molecular weight is 620 g/mol. The predicted molar refractivity (Wildman–Crippen MR) is 150 cm³/mol. The number of unbranched alkanes of at least 4 members (excludes halogenated alkanes) is 1. The summed E-state index contributed by atoms with van der Waals surface area (Å²) in [4.78, 5) is 85.7. The summed E-state index contributed by atoms with van der Waals surface area (Å²) in [7, 11) is 0. The lowest BCUT2D eigenvalue weighted by molar-refractivity contribution is -0.147. The lowest BCUT2D eigenvalue weighted by atomic mass is 10.0. The number of aliphatic hydroxyl groups is 2. The molecule has 0 bridgehead atoms. The van der Waals surface area contributed by atoms with Crippen molar-refractivity contribution in [3.05, 3.63) is 0 Å². The zero-order valence-corrected chi connectivity index (χ0v) is 24.5. The molecule has 0 saturated carbocycles. The molecule has 0 aromatic rings. The third kappa shape index (κ3) is 15.3. The first kappa shape index (κ1) is 39.1. The molecule has 0 spiro atoms. The van der Waals surface area contributed by atoms with Crippen LogP contribution >= 0.6 is 0 Å². The van der Waals surface area contributed by atoms with Crippen LogP contribution in [0, 0.1) is 5.92 Å². The number of aliphatic carboxylic acids is 2. The average Bonchev–Trinajstić information content (AvgIpc) is 2.92. The van der Waals surface area contributed by atoms with E-state index in [0.29, 0.717) is 19.4 Å². The van der Waals surface area contributed by atoms with Crippen molar-refractivity contribution < 1.29 is 54.0 Å². The molecule has 18 nitrogen and oxygen atoms in total. The summed E-state index contributed by atoms with van der Waals surface area (Å²) < 4.78 is 0. The Hall–Kier alpha value is -3.87. The van der Waals surface area contributed by atoms with Gasteiger partial charge in [-0.05, 0) is 45.1 Å². The SMILES string of the molecule is CC(C)C[C@H](NC(=O)[C@H](CCCCN)NC(=O)[C@H](C)NC(=O)[C@@H](N)CO)C(=O)N[C@@H](CO)C(=O)N[C@@H](CC(=O)O)C(=O)O. The number of nitrogens with two attached hydrogens (primary N) is 2. The second kappa shape index (κ2) is 20.1. The number of hydrogen-bond donors (Lipinski definition) is 11. The van der Waals surface area contributed by atoms with Gasteiger partial charge < -0.3 is 58.5 Å². The molecule has 0 unspecified atom stereocenters. The summed E-state index contributed by atoms with van der Waals surface area (Å²) in [6.07, 6.45) is 0.152. The van der Waals surface area contributed by atoms with Gasteiger partial charge in [-0.25, -0.2) is 4.79 Å². The van der Waals surface area contributed by atoms with E-state index in [1.54, 1.807) is 13.8 Å². The zero-order chi connectivity index (χ0) is 33.3. The number of carbonyl (C=O) groups excluding carboxylic acids is 5. The number of carboxylic acid groups (broad SMARTS) is 2. The molecule has 246 valence electrons. The first-order chi connectivity index (χ1) is 20.1. The summed E-state index contributed by atoms with van der Waals surface area (Å²) in [5.41, 5.74) is 11.0. The topological polar surface area (TPSA) is 313 Å². The minimum absolute atomic E-state index is 0.0586. The Kier molecular flexibility index (Phi) is 18.3. The molecule has 0 fully saturated rings. The van der Waals surface area contributed by atoms with Crippen LogP contribution in [0.4, 0.5) is 0 Å². The molecule has 0 aromatic heterocycles. The van der Waals surface area contributed by atoms with Crippen LogP contribution in [-0.2, 0) is 33.6 Å². The van der Waals surface area contributed by atoms with Gasteiger partial charge in [0, 0.05) is 0 Å². The van der Waals surface area contributed by atoms with Gasteiger partial charge in [0.25, 0.3) is 0 Å². The first-order valence-corrected chi connectivity index (χ1v) is 13.7. The largest absolute Gasteiger partial charge is 0.481 e. The molecule has 0 aliphatic rings. The summed E-state index contributed by atoms with van der Waals surface area (Å²) >= 11 is 0. The maximum atomic E-state index is 13.3. The molecule has 18 heteroatoms. The van der Waals surface area contributed by atoms with Crippen molar-refractivity contribution >= 4 is 41.5 Å². The van der Waals surface area contributed by atoms with Crippen LogP contribution in [0.3, 0.4) is 0 Å². The van der Waals surface area contributed by atoms with Crippen molar-refractivity contribution in [2.75, 3.05) is 19.8 Å². The molecule has 0 aromatic carbocycles. The van der Waals surface area contributed by atoms with Gasteiger partial charge in [0.1, 0.15) is 36.3 Å². The van der Waals surface area contributed by atoms with E-state index in [1.807, 2.05) is 5.32 Å². The van der Waals surface area contributed by atoms with Gasteiger partial charge in [0.15, 0.2) is 0 Å². The smallest absolute Gasteiger partial charge is 0.326 e. The molecule has 5 amide bonds. The van der Waals surface area contributed by atoms with E-state index in [0.717, 1.165) is 0 Å². The minimum Gasteiger partial charge on any atom is -0.481 e. The van der Waals surface area contributed by atoms with E-state index in [4.69, 9.17) is 26.8 Å². The van der Waals surface area contributed by atoms with Gasteiger partial charge in [-0.3, -0.25) is 28.8 Å². The van der Waals surface area contributed by atoms with Crippen molar-refractivity contribution in [1.29, 1.82) is 0 Å². The fourth-order valence-electron chi connectivity index (χ4n) is 3.62. The Morgan fingerprint density at radius 3 is 1.65 bits per heavy atom. The molecule has 0 rings (SSSR count). The van der Waals surface area contributed by atoms with Gasteiger partial charge in [-0.2, -0.15) is 0 Å². The molecule has 0 saturated heterocycles. The van der Waals surface area contributed by atoms with Crippen molar-refractivity contribution in [3.63, 3.8) is 0 Å². The van der Waals surface area contributed by atoms with Gasteiger partial charge >= 0.3 is 11.9 Å². The summed E-state index contributed by atoms with van der Waals surface area (Å²) in [6, 6.07) is -8.33. The Labute approximate surface area is 248 Å². The van der Waals surface area contributed by atoms with Crippen molar-refractivity contribution in [2.45, 2.75) is 89.1 Å². The van der Waals surface area contributed by atoms with E-state index in [-0.39, 0.29) is 18.8 Å². The standard InChI is InChI=1S/C25H45N7O11/c1-12(2)8-16(23(40)32-18(11-34)24(41)31-17(25(42)43)9-19(35)36)30-22(39)15(6-4-5-7-26)29-20(37)13(3)28-21(38)14(27)10-33/h12-18,33-34H,4-11,26-27H2,1-3H3,(H,28,38)(H,29,37)(H,30,39)(H,31,41)(H,32,40)(H,35,36)(H,42,43)/t13-,14-,15-,16-,17-,18-/m0/s1. The quantitative estimate of drug-likeness (QED) is 0.0540. The van der Waals surface area contributed by atoms with Crippen molar-refractivity contribution in [3.8, 4) is 0 Å². The number of rotatable bonds is 21. The number of amides is 5. The fourth-order valence-corrected chi connectivity index (χ4v) is 3.62. The second-order valence-electron chi connectivity index (χ2n) is 10.3. The van der Waals surface area contributed by atoms with Crippen LogP contribution in [0.5, 0.6) is 0 Å². The zero-order valence-electron chi connectivity index (χ0n) is 24.5. The molecular formula is C25H45N7O11. The van der Waals surface area contributed by atoms with Gasteiger partial charge in [-0.15, -0.1) is 0 Å². The van der Waals surface area contributed by atoms with E-state index >= 15 is 0 Å². The van der Waals surface area contributed by atoms with Crippen LogP contribution in [0.15, 0.2) is 0 Å². The second-order valence-corrected chi connectivity index (χ2v) is 10.3. The highest BCUT2D eigenvalue weighted by Gasteiger charge is 2.32. The third-order valence-corrected chi connectivity index (χ3v) is 6.01. The van der Waals surface area contributed by atoms with E-state index < -0.39 is 97.4 Å². The van der Waals surface area contributed by atoms with Crippen molar-refractivity contribution in [2.24, 2.45) is 17.4 Å². The highest BCUT2D eigenvalue weighted by molar-refractivity contribution is 5.96. The Morgan fingerprint density at radius 2 is 1.16 bits per heavy atom. The highest BCUT2D eigenvalue weighted by atomic mass is 16.4. The minimum atomic E-state index is -1.83. The molecule has 0 heterocycles. The van der Waals surface area contributed by atoms with Gasteiger partial charge in [0.05, 0.1) is 19.6 Å². The normalized spacial score (nSPS) is 15.2. The summed E-state index contributed by atoms with van der Waals surface area (Å²) in [5.74, 6) is -7.69. The third-order valence-electron chi connectivity index (χ3n) is 6.01. The van der Waals surface area contributed by atoms with Crippen LogP contribution in [0.1, 0.15) is 52.9 Å². The van der Waals surface area contributed by atoms with E-state index in [1.165, 1.54) is 6.92 Å². The maximum Gasteiger partial charge on any atom is 0.326 e. The molecule has 6 atom stereocenters. The fraction of sp³-hybridized carbons (Fsp3) is 0.720. The highest BCUT2D eigenvalue weighted by Crippen LogP contribution is 2.08. The van der Waals surface area contributed by atoms with Gasteiger partial charge in [0.2, 0.25) is 29.5 Å². The molecule has 0 aliphatic heterocycles. The molecular weight excluding hydrogens is 574 g/mol. The number of hydrogen-bond acceptors (Lipinski definition) is 11. The predicted octanol–water partition coefficient (Wildman–Crippen LogP) is -4.52. The van der Waals surface area contributed by atoms with E-state index in [9.17, 15) is 38.7 Å². The van der Waals surface area contributed by atoms with Crippen LogP contribution in [0.2, 0.25) is 0 Å². The maximum absolute atomic E-state index is 13.3. The summed E-state index contributed by atoms with van der Waals surface area (Å²) in [5, 5.41) is 48.2. The Morgan fingerprint density at radius 1 is 0.651 bits per heavy atom. The Balaban J connectivity index is 5.73. The first-order valence-electron chi connectivity index (χ1n) is 13.7. The van der Waals surface area contributed by atoms with Crippen LogP contribution in [-0.4, -0.2) is 118 Å². The number of aliphatic hydroxyl groups excluding tert-OH is 2. The number of carbonyl (C=O) groups is 7. The van der Waals surface area contributed by atoms with E-state index in [2.05, 4.69) is 21.3 Å². The van der Waals surface area contributed by atoms with Crippen LogP contribution < -0.4 is 38.1 Å².